The standard InChI is InChI=1S/C26H23F3N2O3/c1-2-34-25(33)26(11-13-30-14-12-26)24-21(22(29)20(28)15-31-24)23(32)18-5-3-16(4-6-18)17-7-9-19(27)10-8-17/h3-10,15,30H,2,11-14H2,1H3. The van der Waals surface area contributed by atoms with Crippen LogP contribution in [0.4, 0.5) is 13.2 Å². The average molecular weight is 468 g/mol. The van der Waals surface area contributed by atoms with Crippen molar-refractivity contribution in [2.24, 2.45) is 0 Å². The highest BCUT2D eigenvalue weighted by molar-refractivity contribution is 6.11. The van der Waals surface area contributed by atoms with Crippen LogP contribution < -0.4 is 5.32 Å². The Morgan fingerprint density at radius 1 is 0.971 bits per heavy atom. The van der Waals surface area contributed by atoms with Crippen LogP contribution in [0.1, 0.15) is 41.4 Å². The fraction of sp³-hybridized carbons (Fsp3) is 0.269. The number of hydrogen-bond acceptors (Lipinski definition) is 5. The zero-order valence-electron chi connectivity index (χ0n) is 18.5. The highest BCUT2D eigenvalue weighted by Gasteiger charge is 2.47. The summed E-state index contributed by atoms with van der Waals surface area (Å²) in [4.78, 5) is 30.5. The van der Waals surface area contributed by atoms with Gasteiger partial charge in [0.1, 0.15) is 11.2 Å². The summed E-state index contributed by atoms with van der Waals surface area (Å²) >= 11 is 0. The van der Waals surface area contributed by atoms with Crippen LogP contribution in [-0.2, 0) is 14.9 Å². The Labute approximate surface area is 195 Å². The molecule has 0 bridgehead atoms. The van der Waals surface area contributed by atoms with Gasteiger partial charge in [-0.05, 0) is 56.1 Å². The number of hydrogen-bond donors (Lipinski definition) is 1. The molecule has 0 spiro atoms. The lowest BCUT2D eigenvalue weighted by molar-refractivity contribution is -0.151. The molecule has 1 saturated heterocycles. The van der Waals surface area contributed by atoms with E-state index < -0.39 is 34.4 Å². The van der Waals surface area contributed by atoms with Crippen LogP contribution in [0.15, 0.2) is 54.7 Å². The minimum atomic E-state index is -1.37. The molecule has 2 aromatic carbocycles. The summed E-state index contributed by atoms with van der Waals surface area (Å²) in [6.45, 7) is 2.62. The van der Waals surface area contributed by atoms with Crippen LogP contribution in [-0.4, -0.2) is 36.4 Å². The number of rotatable bonds is 6. The maximum Gasteiger partial charge on any atom is 0.318 e. The second-order valence-electron chi connectivity index (χ2n) is 8.11. The quantitative estimate of drug-likeness (QED) is 0.424. The summed E-state index contributed by atoms with van der Waals surface area (Å²) in [5, 5.41) is 3.13. The van der Waals surface area contributed by atoms with Gasteiger partial charge in [-0.25, -0.2) is 13.2 Å². The monoisotopic (exact) mass is 468 g/mol. The summed E-state index contributed by atoms with van der Waals surface area (Å²) in [6, 6.07) is 12.1. The fourth-order valence-corrected chi connectivity index (χ4v) is 4.30. The van der Waals surface area contributed by atoms with Crippen LogP contribution in [0, 0.1) is 17.5 Å². The number of piperidine rings is 1. The second kappa shape index (κ2) is 9.77. The normalized spacial score (nSPS) is 15.1. The number of ether oxygens (including phenoxy) is 1. The molecule has 1 fully saturated rings. The summed E-state index contributed by atoms with van der Waals surface area (Å²) in [5.41, 5.74) is -0.490. The molecule has 1 aromatic heterocycles. The topological polar surface area (TPSA) is 68.3 Å². The van der Waals surface area contributed by atoms with Crippen molar-refractivity contribution in [3.8, 4) is 11.1 Å². The van der Waals surface area contributed by atoms with Gasteiger partial charge in [0.15, 0.2) is 17.4 Å². The summed E-state index contributed by atoms with van der Waals surface area (Å²) in [7, 11) is 0. The Morgan fingerprint density at radius 2 is 1.56 bits per heavy atom. The first kappa shape index (κ1) is 23.6. The van der Waals surface area contributed by atoms with Gasteiger partial charge in [0, 0.05) is 5.56 Å². The first-order chi connectivity index (χ1) is 16.4. The second-order valence-corrected chi connectivity index (χ2v) is 8.11. The maximum atomic E-state index is 15.1. The molecule has 1 aliphatic rings. The number of nitrogens with zero attached hydrogens (tertiary/aromatic N) is 1. The molecular formula is C26H23F3N2O3. The van der Waals surface area contributed by atoms with Crippen molar-refractivity contribution in [3.05, 3.63) is 89.0 Å². The van der Waals surface area contributed by atoms with Crippen LogP contribution in [0.3, 0.4) is 0 Å². The van der Waals surface area contributed by atoms with Crippen LogP contribution in [0.25, 0.3) is 11.1 Å². The Hall–Kier alpha value is -3.52. The Kier molecular flexibility index (Phi) is 6.79. The molecule has 1 N–H and O–H groups in total. The van der Waals surface area contributed by atoms with Crippen molar-refractivity contribution in [1.82, 2.24) is 10.3 Å². The smallest absolute Gasteiger partial charge is 0.318 e. The lowest BCUT2D eigenvalue weighted by atomic mass is 9.73. The van der Waals surface area contributed by atoms with Gasteiger partial charge >= 0.3 is 5.97 Å². The molecule has 8 heteroatoms. The first-order valence-corrected chi connectivity index (χ1v) is 11.0. The van der Waals surface area contributed by atoms with Gasteiger partial charge in [0.05, 0.1) is 24.1 Å². The van der Waals surface area contributed by atoms with Crippen molar-refractivity contribution in [1.29, 1.82) is 0 Å². The van der Waals surface area contributed by atoms with Gasteiger partial charge in [-0.1, -0.05) is 36.4 Å². The van der Waals surface area contributed by atoms with Crippen molar-refractivity contribution >= 4 is 11.8 Å². The molecule has 2 heterocycles. The van der Waals surface area contributed by atoms with E-state index in [-0.39, 0.29) is 36.5 Å². The number of pyridine rings is 1. The number of ketones is 1. The van der Waals surface area contributed by atoms with E-state index in [9.17, 15) is 18.4 Å². The number of nitrogens with one attached hydrogen (secondary N) is 1. The van der Waals surface area contributed by atoms with Gasteiger partial charge in [-0.3, -0.25) is 14.6 Å². The minimum Gasteiger partial charge on any atom is -0.465 e. The summed E-state index contributed by atoms with van der Waals surface area (Å²) in [6.07, 6.45) is 1.16. The van der Waals surface area contributed by atoms with Crippen LogP contribution >= 0.6 is 0 Å². The maximum absolute atomic E-state index is 15.1. The summed E-state index contributed by atoms with van der Waals surface area (Å²) in [5.74, 6) is -4.39. The van der Waals surface area contributed by atoms with E-state index in [1.54, 1.807) is 31.2 Å². The molecule has 0 atom stereocenters. The molecule has 5 nitrogen and oxygen atoms in total. The SMILES string of the molecule is CCOC(=O)C1(c2ncc(F)c(F)c2C(=O)c2ccc(-c3ccc(F)cc3)cc2)CCNCC1. The molecule has 0 aliphatic carbocycles. The van der Waals surface area contributed by atoms with Crippen LogP contribution in [0.5, 0.6) is 0 Å². The molecule has 0 amide bonds. The number of aromatic nitrogens is 1. The van der Waals surface area contributed by atoms with Gasteiger partial charge in [0.25, 0.3) is 0 Å². The Balaban J connectivity index is 1.78. The molecule has 34 heavy (non-hydrogen) atoms. The number of benzene rings is 2. The van der Waals surface area contributed by atoms with Gasteiger partial charge in [0.2, 0.25) is 0 Å². The lowest BCUT2D eigenvalue weighted by Crippen LogP contribution is -2.48. The van der Waals surface area contributed by atoms with Crippen LogP contribution in [0.2, 0.25) is 0 Å². The average Bonchev–Trinajstić information content (AvgIpc) is 2.86. The molecule has 176 valence electrons. The molecule has 3 aromatic rings. The van der Waals surface area contributed by atoms with E-state index in [0.29, 0.717) is 19.3 Å². The van der Waals surface area contributed by atoms with E-state index >= 15 is 4.39 Å². The molecule has 0 radical (unpaired) electrons. The van der Waals surface area contributed by atoms with E-state index in [1.165, 1.54) is 24.3 Å². The number of esters is 1. The van der Waals surface area contributed by atoms with E-state index in [0.717, 1.165) is 11.1 Å². The number of carbonyl (C=O) groups is 2. The van der Waals surface area contributed by atoms with Crippen molar-refractivity contribution < 1.29 is 27.5 Å². The van der Waals surface area contributed by atoms with Gasteiger partial charge in [-0.15, -0.1) is 0 Å². The third-order valence-corrected chi connectivity index (χ3v) is 6.10. The largest absolute Gasteiger partial charge is 0.465 e. The van der Waals surface area contributed by atoms with Gasteiger partial charge in [-0.2, -0.15) is 0 Å². The number of halogens is 3. The van der Waals surface area contributed by atoms with Crippen molar-refractivity contribution in [2.75, 3.05) is 19.7 Å². The third-order valence-electron chi connectivity index (χ3n) is 6.10. The lowest BCUT2D eigenvalue weighted by Gasteiger charge is -2.35. The zero-order chi connectivity index (χ0) is 24.3. The molecule has 0 saturated carbocycles. The fourth-order valence-electron chi connectivity index (χ4n) is 4.30. The van der Waals surface area contributed by atoms with E-state index in [4.69, 9.17) is 4.74 Å². The van der Waals surface area contributed by atoms with Crippen molar-refractivity contribution in [3.63, 3.8) is 0 Å². The molecular weight excluding hydrogens is 445 g/mol. The van der Waals surface area contributed by atoms with E-state index in [2.05, 4.69) is 10.3 Å². The first-order valence-electron chi connectivity index (χ1n) is 11.0. The molecule has 4 rings (SSSR count). The molecule has 0 unspecified atom stereocenters. The highest BCUT2D eigenvalue weighted by Crippen LogP contribution is 2.38. The van der Waals surface area contributed by atoms with Crippen molar-refractivity contribution in [2.45, 2.75) is 25.2 Å². The summed E-state index contributed by atoms with van der Waals surface area (Å²) < 4.78 is 47.8. The number of carbonyl (C=O) groups excluding carboxylic acids is 2. The minimum absolute atomic E-state index is 0.103. The predicted octanol–water partition coefficient (Wildman–Crippen LogP) is 4.58. The predicted molar refractivity (Wildman–Crippen MR) is 120 cm³/mol. The van der Waals surface area contributed by atoms with E-state index in [1.807, 2.05) is 0 Å². The van der Waals surface area contributed by atoms with Gasteiger partial charge < -0.3 is 10.1 Å². The Morgan fingerprint density at radius 3 is 2.15 bits per heavy atom. The molecule has 1 aliphatic heterocycles. The highest BCUT2D eigenvalue weighted by atomic mass is 19.2. The third kappa shape index (κ3) is 4.33. The Bertz CT molecular complexity index is 1210. The zero-order valence-corrected chi connectivity index (χ0v) is 18.5.